The Hall–Kier alpha value is -2.95. The van der Waals surface area contributed by atoms with Crippen molar-refractivity contribution in [1.29, 1.82) is 0 Å². The number of unbranched alkanes of at least 4 members (excludes halogenated alkanes) is 3. The highest BCUT2D eigenvalue weighted by Crippen LogP contribution is 2.29. The lowest BCUT2D eigenvalue weighted by atomic mass is 9.85. The Balaban J connectivity index is 1.84. The minimum Gasteiger partial charge on any atom is -0.493 e. The molecule has 0 aliphatic carbocycles. The van der Waals surface area contributed by atoms with Crippen molar-refractivity contribution in [2.45, 2.75) is 78.1 Å². The van der Waals surface area contributed by atoms with E-state index in [1.807, 2.05) is 38.1 Å². The zero-order chi connectivity index (χ0) is 31.0. The van der Waals surface area contributed by atoms with Gasteiger partial charge >= 0.3 is 17.9 Å². The standard InChI is InChI=1S/C32H43BrO9/c1-5-39-29(34)15-17-41-28-14-11-13-23(27(28)21-30(35)40-6-2)12-9-7-8-10-16-38-22-32(3,4)25-18-24(31(36)42-37)19-26(33)20-25/h11,13-14,18-20,37H,5-10,12,15-17,21-22H2,1-4H3. The minimum absolute atomic E-state index is 0.114. The minimum atomic E-state index is -0.810. The largest absolute Gasteiger partial charge is 0.493 e. The first-order chi connectivity index (χ1) is 20.1. The maximum Gasteiger partial charge on any atom is 0.372 e. The number of hydrogen-bond acceptors (Lipinski definition) is 9. The van der Waals surface area contributed by atoms with Crippen molar-refractivity contribution in [3.8, 4) is 5.75 Å². The zero-order valence-electron chi connectivity index (χ0n) is 25.0. The fourth-order valence-electron chi connectivity index (χ4n) is 4.45. The zero-order valence-corrected chi connectivity index (χ0v) is 26.6. The van der Waals surface area contributed by atoms with Crippen LogP contribution in [0.5, 0.6) is 5.75 Å². The fourth-order valence-corrected chi connectivity index (χ4v) is 4.94. The molecule has 0 bridgehead atoms. The van der Waals surface area contributed by atoms with Crippen molar-refractivity contribution < 1.29 is 43.5 Å². The number of aryl methyl sites for hydroxylation is 1. The molecule has 232 valence electrons. The van der Waals surface area contributed by atoms with Gasteiger partial charge in [-0.2, -0.15) is 5.26 Å². The highest BCUT2D eigenvalue weighted by Gasteiger charge is 2.23. The van der Waals surface area contributed by atoms with Gasteiger partial charge in [0, 0.05) is 22.1 Å². The number of esters is 2. The van der Waals surface area contributed by atoms with Crippen molar-refractivity contribution in [2.24, 2.45) is 0 Å². The highest BCUT2D eigenvalue weighted by atomic mass is 79.9. The summed E-state index contributed by atoms with van der Waals surface area (Å²) in [5.41, 5.74) is 2.63. The fraction of sp³-hybridized carbons (Fsp3) is 0.531. The molecule has 0 spiro atoms. The summed E-state index contributed by atoms with van der Waals surface area (Å²) in [6.45, 7) is 9.49. The Kier molecular flexibility index (Phi) is 15.6. The molecule has 9 nitrogen and oxygen atoms in total. The van der Waals surface area contributed by atoms with Gasteiger partial charge < -0.3 is 18.9 Å². The summed E-state index contributed by atoms with van der Waals surface area (Å²) in [6.07, 6.45) is 4.88. The summed E-state index contributed by atoms with van der Waals surface area (Å²) >= 11 is 3.41. The molecule has 0 aliphatic rings. The van der Waals surface area contributed by atoms with Crippen molar-refractivity contribution in [3.63, 3.8) is 0 Å². The highest BCUT2D eigenvalue weighted by molar-refractivity contribution is 9.10. The second-order valence-corrected chi connectivity index (χ2v) is 11.4. The number of hydrogen-bond donors (Lipinski definition) is 1. The van der Waals surface area contributed by atoms with Crippen molar-refractivity contribution >= 4 is 33.8 Å². The lowest BCUT2D eigenvalue weighted by Crippen LogP contribution is -2.25. The van der Waals surface area contributed by atoms with Gasteiger partial charge in [0.05, 0.1) is 44.8 Å². The summed E-state index contributed by atoms with van der Waals surface area (Å²) in [7, 11) is 0. The molecular formula is C32H43BrO9. The van der Waals surface area contributed by atoms with E-state index in [9.17, 15) is 14.4 Å². The van der Waals surface area contributed by atoms with E-state index in [1.165, 1.54) is 0 Å². The van der Waals surface area contributed by atoms with E-state index >= 15 is 0 Å². The van der Waals surface area contributed by atoms with Gasteiger partial charge in [0.25, 0.3) is 0 Å². The third-order valence-electron chi connectivity index (χ3n) is 6.67. The lowest BCUT2D eigenvalue weighted by Gasteiger charge is -2.26. The van der Waals surface area contributed by atoms with Gasteiger partial charge in [0.15, 0.2) is 0 Å². The molecule has 0 radical (unpaired) electrons. The van der Waals surface area contributed by atoms with Crippen molar-refractivity contribution in [3.05, 3.63) is 63.1 Å². The quantitative estimate of drug-likeness (QED) is 0.0589. The van der Waals surface area contributed by atoms with Crippen LogP contribution in [0.3, 0.4) is 0 Å². The summed E-state index contributed by atoms with van der Waals surface area (Å²) in [5, 5.41) is 8.71. The van der Waals surface area contributed by atoms with E-state index in [2.05, 4.69) is 20.8 Å². The number of rotatable bonds is 19. The molecule has 42 heavy (non-hydrogen) atoms. The first-order valence-electron chi connectivity index (χ1n) is 14.4. The molecule has 0 saturated carbocycles. The second-order valence-electron chi connectivity index (χ2n) is 10.5. The van der Waals surface area contributed by atoms with E-state index < -0.39 is 5.97 Å². The van der Waals surface area contributed by atoms with Crippen molar-refractivity contribution in [2.75, 3.05) is 33.0 Å². The molecule has 2 rings (SSSR count). The van der Waals surface area contributed by atoms with E-state index in [0.717, 1.165) is 48.8 Å². The van der Waals surface area contributed by atoms with Gasteiger partial charge in [-0.05, 0) is 68.5 Å². The molecule has 0 heterocycles. The molecule has 0 atom stereocenters. The first-order valence-corrected chi connectivity index (χ1v) is 15.2. The molecule has 2 aromatic rings. The predicted octanol–water partition coefficient (Wildman–Crippen LogP) is 6.61. The summed E-state index contributed by atoms with van der Waals surface area (Å²) in [4.78, 5) is 39.6. The average Bonchev–Trinajstić information content (AvgIpc) is 2.95. The van der Waals surface area contributed by atoms with Crippen LogP contribution in [0.1, 0.15) is 86.8 Å². The third-order valence-corrected chi connectivity index (χ3v) is 7.13. The normalized spacial score (nSPS) is 11.2. The SMILES string of the molecule is CCOC(=O)CCOc1cccc(CCCCCCOCC(C)(C)c2cc(Br)cc(C(=O)OO)c2)c1CC(=O)OCC. The van der Waals surface area contributed by atoms with Crippen LogP contribution in [0, 0.1) is 0 Å². The first kappa shape index (κ1) is 35.2. The Morgan fingerprint density at radius 3 is 2.33 bits per heavy atom. The van der Waals surface area contributed by atoms with Crippen LogP contribution in [-0.2, 0) is 46.9 Å². The van der Waals surface area contributed by atoms with Crippen LogP contribution in [0.15, 0.2) is 40.9 Å². The van der Waals surface area contributed by atoms with E-state index in [-0.39, 0.29) is 42.4 Å². The molecule has 2 aromatic carbocycles. The van der Waals surface area contributed by atoms with Crippen molar-refractivity contribution in [1.82, 2.24) is 0 Å². The Morgan fingerprint density at radius 2 is 1.62 bits per heavy atom. The Labute approximate surface area is 256 Å². The molecule has 0 amide bonds. The molecule has 0 aromatic heterocycles. The number of halogens is 1. The van der Waals surface area contributed by atoms with E-state index in [0.29, 0.717) is 36.6 Å². The van der Waals surface area contributed by atoms with Crippen LogP contribution < -0.4 is 4.74 Å². The van der Waals surface area contributed by atoms with Crippen LogP contribution in [0.4, 0.5) is 0 Å². The molecule has 10 heteroatoms. The van der Waals surface area contributed by atoms with Crippen LogP contribution in [-0.4, -0.2) is 56.2 Å². The van der Waals surface area contributed by atoms with Gasteiger partial charge in [0.1, 0.15) is 5.75 Å². The van der Waals surface area contributed by atoms with E-state index in [4.69, 9.17) is 24.2 Å². The maximum atomic E-state index is 12.3. The monoisotopic (exact) mass is 650 g/mol. The average molecular weight is 652 g/mol. The second kappa shape index (κ2) is 18.6. The van der Waals surface area contributed by atoms with E-state index in [1.54, 1.807) is 26.0 Å². The smallest absolute Gasteiger partial charge is 0.372 e. The van der Waals surface area contributed by atoms with Gasteiger partial charge in [-0.15, -0.1) is 0 Å². The molecule has 0 aliphatic heterocycles. The number of benzene rings is 2. The lowest BCUT2D eigenvalue weighted by molar-refractivity contribution is -0.182. The summed E-state index contributed by atoms with van der Waals surface area (Å²) in [6, 6.07) is 10.9. The predicted molar refractivity (Wildman–Crippen MR) is 162 cm³/mol. The van der Waals surface area contributed by atoms with Crippen LogP contribution in [0.25, 0.3) is 0 Å². The molecular weight excluding hydrogens is 608 g/mol. The number of carbonyl (C=O) groups is 3. The summed E-state index contributed by atoms with van der Waals surface area (Å²) in [5.74, 6) is -0.852. The van der Waals surface area contributed by atoms with Gasteiger partial charge in [-0.25, -0.2) is 4.79 Å². The van der Waals surface area contributed by atoms with Gasteiger partial charge in [0.2, 0.25) is 0 Å². The maximum absolute atomic E-state index is 12.3. The number of ether oxygens (including phenoxy) is 4. The van der Waals surface area contributed by atoms with Gasteiger partial charge in [-0.3, -0.25) is 14.5 Å². The van der Waals surface area contributed by atoms with Crippen LogP contribution in [0.2, 0.25) is 0 Å². The molecule has 1 N–H and O–H groups in total. The Bertz CT molecular complexity index is 1160. The number of carbonyl (C=O) groups excluding carboxylic acids is 3. The molecule has 0 saturated heterocycles. The Morgan fingerprint density at radius 1 is 0.905 bits per heavy atom. The molecule has 0 fully saturated rings. The third kappa shape index (κ3) is 12.1. The topological polar surface area (TPSA) is 118 Å². The molecule has 0 unspecified atom stereocenters. The summed E-state index contributed by atoms with van der Waals surface area (Å²) < 4.78 is 22.7. The van der Waals surface area contributed by atoms with Gasteiger partial charge in [-0.1, -0.05) is 54.8 Å². The van der Waals surface area contributed by atoms with Crippen LogP contribution >= 0.6 is 15.9 Å².